The van der Waals surface area contributed by atoms with Crippen LogP contribution in [0.4, 0.5) is 0 Å². The molecule has 104 valence electrons. The molecular formula is C17H25NS. The normalized spacial score (nSPS) is 17.6. The van der Waals surface area contributed by atoms with Gasteiger partial charge in [0.1, 0.15) is 0 Å². The van der Waals surface area contributed by atoms with E-state index >= 15 is 0 Å². The van der Waals surface area contributed by atoms with Gasteiger partial charge in [-0.25, -0.2) is 0 Å². The molecule has 1 aliphatic rings. The lowest BCUT2D eigenvalue weighted by molar-refractivity contribution is 0.608. The molecular weight excluding hydrogens is 250 g/mol. The minimum absolute atomic E-state index is 0.549. The summed E-state index contributed by atoms with van der Waals surface area (Å²) in [7, 11) is 0. The lowest BCUT2D eigenvalue weighted by atomic mass is 10.0. The van der Waals surface area contributed by atoms with Gasteiger partial charge in [0.25, 0.3) is 0 Å². The Balaban J connectivity index is 1.93. The molecule has 0 spiro atoms. The van der Waals surface area contributed by atoms with E-state index in [9.17, 15) is 0 Å². The summed E-state index contributed by atoms with van der Waals surface area (Å²) >= 11 is 1.97. The molecule has 0 fully saturated rings. The first-order valence-electron chi connectivity index (χ1n) is 7.50. The molecule has 2 rings (SSSR count). The SMILES string of the molecule is CCNC(CSc1ccccc1)C1=CCCCCC1. The van der Waals surface area contributed by atoms with Crippen LogP contribution in [0.15, 0.2) is 46.9 Å². The van der Waals surface area contributed by atoms with Gasteiger partial charge in [-0.05, 0) is 44.4 Å². The van der Waals surface area contributed by atoms with Crippen LogP contribution in [0.2, 0.25) is 0 Å². The van der Waals surface area contributed by atoms with Crippen molar-refractivity contribution in [3.05, 3.63) is 42.0 Å². The zero-order valence-electron chi connectivity index (χ0n) is 11.9. The molecule has 0 aromatic heterocycles. The lowest BCUT2D eigenvalue weighted by Gasteiger charge is -2.21. The Hall–Kier alpha value is -0.730. The minimum atomic E-state index is 0.549. The summed E-state index contributed by atoms with van der Waals surface area (Å²) in [5.74, 6) is 1.14. The van der Waals surface area contributed by atoms with E-state index in [1.807, 2.05) is 11.8 Å². The fourth-order valence-corrected chi connectivity index (χ4v) is 3.64. The van der Waals surface area contributed by atoms with Crippen LogP contribution in [0.1, 0.15) is 39.0 Å². The summed E-state index contributed by atoms with van der Waals surface area (Å²) in [5, 5.41) is 3.66. The van der Waals surface area contributed by atoms with E-state index in [1.165, 1.54) is 37.0 Å². The number of hydrogen-bond acceptors (Lipinski definition) is 2. The van der Waals surface area contributed by atoms with E-state index in [1.54, 1.807) is 5.57 Å². The second-order valence-electron chi connectivity index (χ2n) is 5.11. The highest BCUT2D eigenvalue weighted by Gasteiger charge is 2.14. The highest BCUT2D eigenvalue weighted by molar-refractivity contribution is 7.99. The van der Waals surface area contributed by atoms with Crippen molar-refractivity contribution in [3.63, 3.8) is 0 Å². The van der Waals surface area contributed by atoms with Crippen molar-refractivity contribution >= 4 is 11.8 Å². The molecule has 0 aliphatic heterocycles. The van der Waals surface area contributed by atoms with Crippen LogP contribution in [0.3, 0.4) is 0 Å². The zero-order chi connectivity index (χ0) is 13.3. The molecule has 0 saturated heterocycles. The fourth-order valence-electron chi connectivity index (χ4n) is 2.60. The Bertz CT molecular complexity index is 386. The van der Waals surface area contributed by atoms with E-state index in [2.05, 4.69) is 48.6 Å². The Morgan fingerprint density at radius 1 is 1.16 bits per heavy atom. The van der Waals surface area contributed by atoms with Crippen molar-refractivity contribution in [3.8, 4) is 0 Å². The smallest absolute Gasteiger partial charge is 0.0374 e. The molecule has 1 aromatic rings. The summed E-state index contributed by atoms with van der Waals surface area (Å²) in [5.41, 5.74) is 1.64. The molecule has 0 bridgehead atoms. The van der Waals surface area contributed by atoms with Crippen molar-refractivity contribution < 1.29 is 0 Å². The third kappa shape index (κ3) is 5.04. The topological polar surface area (TPSA) is 12.0 Å². The largest absolute Gasteiger partial charge is 0.310 e. The molecule has 0 heterocycles. The highest BCUT2D eigenvalue weighted by Crippen LogP contribution is 2.25. The predicted molar refractivity (Wildman–Crippen MR) is 85.8 cm³/mol. The fraction of sp³-hybridized carbons (Fsp3) is 0.529. The van der Waals surface area contributed by atoms with Gasteiger partial charge in [0, 0.05) is 16.7 Å². The second kappa shape index (κ2) is 8.44. The molecule has 0 radical (unpaired) electrons. The van der Waals surface area contributed by atoms with Gasteiger partial charge in [0.15, 0.2) is 0 Å². The molecule has 2 heteroatoms. The van der Waals surface area contributed by atoms with Gasteiger partial charge in [-0.3, -0.25) is 0 Å². The van der Waals surface area contributed by atoms with Crippen molar-refractivity contribution in [2.24, 2.45) is 0 Å². The van der Waals surface area contributed by atoms with Gasteiger partial charge >= 0.3 is 0 Å². The monoisotopic (exact) mass is 275 g/mol. The molecule has 0 saturated carbocycles. The third-order valence-corrected chi connectivity index (χ3v) is 4.74. The molecule has 1 N–H and O–H groups in total. The van der Waals surface area contributed by atoms with Gasteiger partial charge in [0.05, 0.1) is 0 Å². The Labute approximate surface area is 121 Å². The van der Waals surface area contributed by atoms with E-state index in [-0.39, 0.29) is 0 Å². The number of rotatable bonds is 6. The number of allylic oxidation sites excluding steroid dienone is 1. The first-order valence-corrected chi connectivity index (χ1v) is 8.49. The molecule has 1 nitrogen and oxygen atoms in total. The average Bonchev–Trinajstić information content (AvgIpc) is 2.73. The van der Waals surface area contributed by atoms with E-state index < -0.39 is 0 Å². The molecule has 1 aliphatic carbocycles. The van der Waals surface area contributed by atoms with Crippen molar-refractivity contribution in [2.75, 3.05) is 12.3 Å². The summed E-state index contributed by atoms with van der Waals surface area (Å²) in [6.07, 6.45) is 9.18. The molecule has 1 atom stereocenters. The molecule has 19 heavy (non-hydrogen) atoms. The number of benzene rings is 1. The summed E-state index contributed by atoms with van der Waals surface area (Å²) in [4.78, 5) is 1.37. The lowest BCUT2D eigenvalue weighted by Crippen LogP contribution is -2.33. The Kier molecular flexibility index (Phi) is 6.52. The second-order valence-corrected chi connectivity index (χ2v) is 6.21. The maximum absolute atomic E-state index is 3.66. The zero-order valence-corrected chi connectivity index (χ0v) is 12.7. The third-order valence-electron chi connectivity index (χ3n) is 3.63. The Morgan fingerprint density at radius 2 is 2.00 bits per heavy atom. The van der Waals surface area contributed by atoms with Gasteiger partial charge in [0.2, 0.25) is 0 Å². The van der Waals surface area contributed by atoms with Crippen LogP contribution in [0.5, 0.6) is 0 Å². The van der Waals surface area contributed by atoms with Crippen molar-refractivity contribution in [1.82, 2.24) is 5.32 Å². The number of nitrogens with one attached hydrogen (secondary N) is 1. The van der Waals surface area contributed by atoms with E-state index in [0.29, 0.717) is 6.04 Å². The van der Waals surface area contributed by atoms with Crippen LogP contribution < -0.4 is 5.32 Å². The van der Waals surface area contributed by atoms with E-state index in [0.717, 1.165) is 12.3 Å². The summed E-state index contributed by atoms with van der Waals surface area (Å²) in [6.45, 7) is 3.26. The maximum atomic E-state index is 3.66. The van der Waals surface area contributed by atoms with Crippen LogP contribution in [0.25, 0.3) is 0 Å². The minimum Gasteiger partial charge on any atom is -0.310 e. The maximum Gasteiger partial charge on any atom is 0.0374 e. The molecule has 1 aromatic carbocycles. The first kappa shape index (κ1) is 14.7. The van der Waals surface area contributed by atoms with Gasteiger partial charge < -0.3 is 5.32 Å². The van der Waals surface area contributed by atoms with E-state index in [4.69, 9.17) is 0 Å². The van der Waals surface area contributed by atoms with Crippen LogP contribution in [-0.4, -0.2) is 18.3 Å². The van der Waals surface area contributed by atoms with Gasteiger partial charge in [-0.15, -0.1) is 11.8 Å². The quantitative estimate of drug-likeness (QED) is 0.599. The predicted octanol–water partition coefficient (Wildman–Crippen LogP) is 4.65. The number of likely N-dealkylation sites (N-methyl/N-ethyl adjacent to an activating group) is 1. The first-order chi connectivity index (χ1) is 9.40. The van der Waals surface area contributed by atoms with Gasteiger partial charge in [-0.2, -0.15) is 0 Å². The molecule has 1 unspecified atom stereocenters. The van der Waals surface area contributed by atoms with Crippen molar-refractivity contribution in [2.45, 2.75) is 50.0 Å². The van der Waals surface area contributed by atoms with Crippen LogP contribution in [-0.2, 0) is 0 Å². The average molecular weight is 275 g/mol. The highest BCUT2D eigenvalue weighted by atomic mass is 32.2. The van der Waals surface area contributed by atoms with Crippen LogP contribution >= 0.6 is 11.8 Å². The van der Waals surface area contributed by atoms with Crippen molar-refractivity contribution in [1.29, 1.82) is 0 Å². The van der Waals surface area contributed by atoms with Crippen LogP contribution in [0, 0.1) is 0 Å². The summed E-state index contributed by atoms with van der Waals surface area (Å²) in [6, 6.07) is 11.3. The van der Waals surface area contributed by atoms with Gasteiger partial charge in [-0.1, -0.05) is 43.2 Å². The number of hydrogen-bond donors (Lipinski definition) is 1. The molecule has 0 amide bonds. The Morgan fingerprint density at radius 3 is 2.79 bits per heavy atom. The standard InChI is InChI=1S/C17H25NS/c1-2-18-17(15-10-6-3-4-7-11-15)14-19-16-12-8-5-9-13-16/h5,8-10,12-13,17-18H,2-4,6-7,11,14H2,1H3. The summed E-state index contributed by atoms with van der Waals surface area (Å²) < 4.78 is 0. The number of thioether (sulfide) groups is 1.